The highest BCUT2D eigenvalue weighted by molar-refractivity contribution is 5.96. The van der Waals surface area contributed by atoms with Gasteiger partial charge in [-0.25, -0.2) is 14.0 Å². The fourth-order valence-electron chi connectivity index (χ4n) is 7.96. The number of halogens is 1. The Morgan fingerprint density at radius 1 is 1.06 bits per heavy atom. The third kappa shape index (κ3) is 6.60. The van der Waals surface area contributed by atoms with Gasteiger partial charge in [-0.2, -0.15) is 0 Å². The molecule has 0 bridgehead atoms. The zero-order chi connectivity index (χ0) is 33.7. The van der Waals surface area contributed by atoms with Crippen LogP contribution in [0.2, 0.25) is 0 Å². The largest absolute Gasteiger partial charge is 0.479 e. The van der Waals surface area contributed by atoms with E-state index in [0.29, 0.717) is 24.9 Å². The molecule has 6 rings (SSSR count). The van der Waals surface area contributed by atoms with Gasteiger partial charge in [0.05, 0.1) is 13.0 Å². The molecule has 0 unspecified atom stereocenters. The summed E-state index contributed by atoms with van der Waals surface area (Å²) in [4.78, 5) is 72.3. The molecule has 12 heteroatoms. The molecule has 4 heterocycles. The summed E-state index contributed by atoms with van der Waals surface area (Å²) in [5, 5.41) is 13.0. The first-order chi connectivity index (χ1) is 22.3. The Kier molecular flexibility index (Phi) is 8.82. The van der Waals surface area contributed by atoms with E-state index in [-0.39, 0.29) is 68.6 Å². The number of carbonyl (C=O) groups excluding carboxylic acids is 4. The summed E-state index contributed by atoms with van der Waals surface area (Å²) in [7, 11) is 0. The molecule has 1 aromatic rings. The molecular formula is C35H45FN4O7. The third-order valence-corrected chi connectivity index (χ3v) is 10.4. The summed E-state index contributed by atoms with van der Waals surface area (Å²) in [6.45, 7) is 6.46. The van der Waals surface area contributed by atoms with Gasteiger partial charge in [0.1, 0.15) is 23.0 Å². The summed E-state index contributed by atoms with van der Waals surface area (Å²) in [6.07, 6.45) is 7.60. The first kappa shape index (κ1) is 33.0. The molecule has 11 nitrogen and oxygen atoms in total. The number of nitrogens with one attached hydrogen (secondary N) is 1. The molecule has 1 aliphatic carbocycles. The Balaban J connectivity index is 1.25. The van der Waals surface area contributed by atoms with Crippen LogP contribution >= 0.6 is 0 Å². The number of amides is 4. The Morgan fingerprint density at radius 2 is 1.85 bits per heavy atom. The number of ether oxygens (including phenoxy) is 1. The fraction of sp³-hybridized carbons (Fsp3) is 0.629. The zero-order valence-electron chi connectivity index (χ0n) is 27.4. The van der Waals surface area contributed by atoms with Crippen molar-refractivity contribution in [2.24, 2.45) is 23.7 Å². The minimum Gasteiger partial charge on any atom is -0.479 e. The van der Waals surface area contributed by atoms with E-state index < -0.39 is 46.9 Å². The fourth-order valence-corrected chi connectivity index (χ4v) is 7.96. The number of hydrogen-bond acceptors (Lipinski definition) is 6. The molecule has 47 heavy (non-hydrogen) atoms. The number of nitrogens with zero attached hydrogens (tertiary/aromatic N) is 3. The van der Waals surface area contributed by atoms with Gasteiger partial charge in [-0.15, -0.1) is 0 Å². The minimum absolute atomic E-state index is 0.117. The standard InChI is InChI=1S/C35H45FN4O7/c1-34(2,3)47-28(41)14-21-10-7-5-4-6-8-12-24-15-35(24,32(44)45)37-30(42)29-26-20-39(17-23(26)18-40(29)31(21)43)33(46)38-16-22-11-9-13-27(36)25(22)19-38/h8-9,11-13,21,23-24,26,29H,4-7,10,14-20H2,1-3H3,(H,37,42)(H,44,45)/b12-8-/t21-,23-,24+,26-,29-,35+/m0/s1. The highest BCUT2D eigenvalue weighted by atomic mass is 19.1. The number of benzene rings is 1. The van der Waals surface area contributed by atoms with Crippen LogP contribution in [-0.2, 0) is 37.0 Å². The van der Waals surface area contributed by atoms with Crippen molar-refractivity contribution in [2.45, 2.75) is 96.0 Å². The number of carbonyl (C=O) groups is 5. The second-order valence-corrected chi connectivity index (χ2v) is 14.9. The first-order valence-electron chi connectivity index (χ1n) is 16.8. The summed E-state index contributed by atoms with van der Waals surface area (Å²) < 4.78 is 20.0. The highest BCUT2D eigenvalue weighted by Crippen LogP contribution is 2.46. The predicted molar refractivity (Wildman–Crippen MR) is 168 cm³/mol. The van der Waals surface area contributed by atoms with E-state index in [1.54, 1.807) is 36.6 Å². The lowest BCUT2D eigenvalue weighted by Crippen LogP contribution is -2.56. The molecule has 5 aliphatic rings. The van der Waals surface area contributed by atoms with E-state index in [9.17, 15) is 33.5 Å². The quantitative estimate of drug-likeness (QED) is 0.374. The molecule has 3 fully saturated rings. The first-order valence-corrected chi connectivity index (χ1v) is 16.8. The van der Waals surface area contributed by atoms with Crippen molar-refractivity contribution in [3.05, 3.63) is 47.3 Å². The smallest absolute Gasteiger partial charge is 0.330 e. The number of urea groups is 1. The number of aliphatic carboxylic acids is 1. The second kappa shape index (κ2) is 12.6. The van der Waals surface area contributed by atoms with Gasteiger partial charge < -0.3 is 29.9 Å². The Bertz CT molecular complexity index is 1490. The number of likely N-dealkylation sites (tertiary alicyclic amines) is 1. The van der Waals surface area contributed by atoms with E-state index in [1.807, 2.05) is 18.2 Å². The molecule has 2 saturated heterocycles. The molecule has 0 radical (unpaired) electrons. The number of hydrogen-bond donors (Lipinski definition) is 2. The SMILES string of the molecule is CC(C)(C)OC(=O)C[C@@H]1CCCCC/C=C\[C@@H]2C[C@@]2(C(=O)O)NC(=O)[C@@H]2[C@H]3CN(C(=O)N4Cc5cccc(F)c5C4)C[C@H]3CN2C1=O. The van der Waals surface area contributed by atoms with Gasteiger partial charge in [-0.1, -0.05) is 37.1 Å². The maximum atomic E-state index is 14.4. The minimum atomic E-state index is -1.45. The van der Waals surface area contributed by atoms with Gasteiger partial charge in [0, 0.05) is 55.4 Å². The van der Waals surface area contributed by atoms with E-state index in [2.05, 4.69) is 5.32 Å². The van der Waals surface area contributed by atoms with Gasteiger partial charge in [0.25, 0.3) is 0 Å². The Labute approximate surface area is 274 Å². The van der Waals surface area contributed by atoms with E-state index in [1.165, 1.54) is 11.0 Å². The Morgan fingerprint density at radius 3 is 2.57 bits per heavy atom. The van der Waals surface area contributed by atoms with Crippen LogP contribution < -0.4 is 5.32 Å². The summed E-state index contributed by atoms with van der Waals surface area (Å²) in [5.41, 5.74) is -0.903. The average Bonchev–Trinajstić information content (AvgIpc) is 3.30. The van der Waals surface area contributed by atoms with E-state index in [4.69, 9.17) is 4.74 Å². The lowest BCUT2D eigenvalue weighted by Gasteiger charge is -2.33. The molecule has 0 aromatic heterocycles. The molecular weight excluding hydrogens is 607 g/mol. The average molecular weight is 653 g/mol. The van der Waals surface area contributed by atoms with Crippen LogP contribution in [0.25, 0.3) is 0 Å². The van der Waals surface area contributed by atoms with Crippen molar-refractivity contribution in [3.8, 4) is 0 Å². The van der Waals surface area contributed by atoms with Crippen LogP contribution in [-0.4, -0.2) is 86.4 Å². The molecule has 254 valence electrons. The van der Waals surface area contributed by atoms with Crippen molar-refractivity contribution in [1.82, 2.24) is 20.0 Å². The number of fused-ring (bicyclic) bond motifs is 5. The van der Waals surface area contributed by atoms with Gasteiger partial charge in [0.2, 0.25) is 11.8 Å². The maximum Gasteiger partial charge on any atom is 0.330 e. The molecule has 1 aromatic carbocycles. The van der Waals surface area contributed by atoms with Crippen molar-refractivity contribution in [3.63, 3.8) is 0 Å². The van der Waals surface area contributed by atoms with Gasteiger partial charge in [-0.05, 0) is 58.1 Å². The number of rotatable bonds is 3. The van der Waals surface area contributed by atoms with Crippen molar-refractivity contribution >= 4 is 29.8 Å². The molecule has 6 atom stereocenters. The molecule has 4 aliphatic heterocycles. The summed E-state index contributed by atoms with van der Waals surface area (Å²) in [5.74, 6) is -4.53. The summed E-state index contributed by atoms with van der Waals surface area (Å²) in [6, 6.07) is 3.55. The predicted octanol–water partition coefficient (Wildman–Crippen LogP) is 3.85. The van der Waals surface area contributed by atoms with E-state index >= 15 is 0 Å². The number of allylic oxidation sites excluding steroid dienone is 1. The number of carboxylic acids is 1. The van der Waals surface area contributed by atoms with Gasteiger partial charge in [-0.3, -0.25) is 14.4 Å². The normalized spacial score (nSPS) is 31.5. The maximum absolute atomic E-state index is 14.4. The molecule has 4 amide bonds. The van der Waals surface area contributed by atoms with Crippen LogP contribution in [0.15, 0.2) is 30.4 Å². The summed E-state index contributed by atoms with van der Waals surface area (Å²) >= 11 is 0. The number of esters is 1. The monoisotopic (exact) mass is 652 g/mol. The van der Waals surface area contributed by atoms with Crippen molar-refractivity contribution in [1.29, 1.82) is 0 Å². The van der Waals surface area contributed by atoms with Crippen molar-refractivity contribution in [2.75, 3.05) is 19.6 Å². The van der Waals surface area contributed by atoms with Crippen LogP contribution in [0, 0.1) is 29.5 Å². The van der Waals surface area contributed by atoms with Crippen LogP contribution in [0.3, 0.4) is 0 Å². The van der Waals surface area contributed by atoms with Gasteiger partial charge >= 0.3 is 18.0 Å². The van der Waals surface area contributed by atoms with Crippen LogP contribution in [0.1, 0.15) is 76.8 Å². The van der Waals surface area contributed by atoms with Crippen LogP contribution in [0.5, 0.6) is 0 Å². The van der Waals surface area contributed by atoms with E-state index in [0.717, 1.165) is 24.8 Å². The van der Waals surface area contributed by atoms with Gasteiger partial charge in [0.15, 0.2) is 0 Å². The molecule has 2 N–H and O–H groups in total. The zero-order valence-corrected chi connectivity index (χ0v) is 27.4. The highest BCUT2D eigenvalue weighted by Gasteiger charge is 2.62. The molecule has 1 saturated carbocycles. The topological polar surface area (TPSA) is 137 Å². The van der Waals surface area contributed by atoms with Crippen LogP contribution in [0.4, 0.5) is 9.18 Å². The lowest BCUT2D eigenvalue weighted by molar-refractivity contribution is -0.159. The lowest BCUT2D eigenvalue weighted by atomic mass is 9.92. The third-order valence-electron chi connectivity index (χ3n) is 10.4. The van der Waals surface area contributed by atoms with Crippen molar-refractivity contribution < 1.29 is 38.2 Å². The molecule has 0 spiro atoms. The second-order valence-electron chi connectivity index (χ2n) is 14.9. The Hall–Kier alpha value is -3.96. The number of carboxylic acid groups (broad SMARTS) is 1.